The van der Waals surface area contributed by atoms with Crippen molar-refractivity contribution in [2.45, 2.75) is 38.9 Å². The molecular formula is C16H19N3O3S. The summed E-state index contributed by atoms with van der Waals surface area (Å²) in [6.45, 7) is 5.28. The van der Waals surface area contributed by atoms with Crippen molar-refractivity contribution in [2.24, 2.45) is 5.92 Å². The molecule has 0 bridgehead atoms. The average molecular weight is 333 g/mol. The maximum absolute atomic E-state index is 12.7. The van der Waals surface area contributed by atoms with Gasteiger partial charge in [-0.1, -0.05) is 5.16 Å². The van der Waals surface area contributed by atoms with Crippen LogP contribution in [-0.2, 0) is 4.74 Å². The maximum Gasteiger partial charge on any atom is 0.264 e. The number of carbonyl (C=O) groups is 1. The molecule has 2 aliphatic heterocycles. The number of aryl methyl sites for hydroxylation is 2. The fourth-order valence-corrected chi connectivity index (χ4v) is 4.37. The Kier molecular flexibility index (Phi) is 3.69. The van der Waals surface area contributed by atoms with Gasteiger partial charge in [-0.05, 0) is 43.7 Å². The molecule has 4 heterocycles. The number of fused-ring (bicyclic) bond motifs is 1. The van der Waals surface area contributed by atoms with Crippen LogP contribution in [0.2, 0.25) is 0 Å². The van der Waals surface area contributed by atoms with Crippen LogP contribution < -0.4 is 0 Å². The number of nitrogens with zero attached hydrogens (tertiary/aromatic N) is 3. The van der Waals surface area contributed by atoms with Crippen LogP contribution in [0.4, 0.5) is 0 Å². The van der Waals surface area contributed by atoms with E-state index in [2.05, 4.69) is 10.1 Å². The molecule has 7 heteroatoms. The molecule has 0 aromatic carbocycles. The van der Waals surface area contributed by atoms with E-state index in [0.717, 1.165) is 36.4 Å². The molecule has 1 amide bonds. The SMILES string of the molecule is Cc1noc([C@@H]2C[C@@H]3CN(C(=O)c4sccc4C)CC[C@H]3O2)n1. The molecule has 122 valence electrons. The van der Waals surface area contributed by atoms with Gasteiger partial charge < -0.3 is 14.2 Å². The predicted molar refractivity (Wildman–Crippen MR) is 84.3 cm³/mol. The van der Waals surface area contributed by atoms with E-state index in [1.807, 2.05) is 23.3 Å². The van der Waals surface area contributed by atoms with E-state index in [1.165, 1.54) is 11.3 Å². The number of ether oxygens (including phenoxy) is 1. The highest BCUT2D eigenvalue weighted by Gasteiger charge is 2.42. The number of aromatic nitrogens is 2. The maximum atomic E-state index is 12.7. The minimum Gasteiger partial charge on any atom is -0.365 e. The van der Waals surface area contributed by atoms with Crippen LogP contribution in [-0.4, -0.2) is 40.1 Å². The van der Waals surface area contributed by atoms with Crippen molar-refractivity contribution in [1.29, 1.82) is 0 Å². The number of thiophene rings is 1. The molecule has 3 atom stereocenters. The number of rotatable bonds is 2. The number of carbonyl (C=O) groups excluding carboxylic acids is 1. The third-order valence-corrected chi connectivity index (χ3v) is 5.69. The topological polar surface area (TPSA) is 68.5 Å². The third-order valence-electron chi connectivity index (χ3n) is 4.68. The predicted octanol–water partition coefficient (Wildman–Crippen LogP) is 2.74. The van der Waals surface area contributed by atoms with Crippen LogP contribution in [0.25, 0.3) is 0 Å². The van der Waals surface area contributed by atoms with Crippen molar-refractivity contribution >= 4 is 17.2 Å². The van der Waals surface area contributed by atoms with Crippen molar-refractivity contribution < 1.29 is 14.1 Å². The Hall–Kier alpha value is -1.73. The molecule has 4 rings (SSSR count). The fourth-order valence-electron chi connectivity index (χ4n) is 3.48. The van der Waals surface area contributed by atoms with Gasteiger partial charge in [0.1, 0.15) is 6.10 Å². The molecular weight excluding hydrogens is 314 g/mol. The fraction of sp³-hybridized carbons (Fsp3) is 0.562. The quantitative estimate of drug-likeness (QED) is 0.845. The molecule has 0 radical (unpaired) electrons. The van der Waals surface area contributed by atoms with E-state index in [1.54, 1.807) is 6.92 Å². The largest absolute Gasteiger partial charge is 0.365 e. The zero-order valence-electron chi connectivity index (χ0n) is 13.2. The highest BCUT2D eigenvalue weighted by atomic mass is 32.1. The van der Waals surface area contributed by atoms with Gasteiger partial charge in [-0.3, -0.25) is 4.79 Å². The summed E-state index contributed by atoms with van der Waals surface area (Å²) in [5.41, 5.74) is 1.06. The second kappa shape index (κ2) is 5.72. The Labute approximate surface area is 138 Å². The van der Waals surface area contributed by atoms with Gasteiger partial charge >= 0.3 is 0 Å². The highest BCUT2D eigenvalue weighted by Crippen LogP contribution is 2.40. The van der Waals surface area contributed by atoms with Gasteiger partial charge in [0.2, 0.25) is 0 Å². The molecule has 6 nitrogen and oxygen atoms in total. The molecule has 2 saturated heterocycles. The van der Waals surface area contributed by atoms with E-state index >= 15 is 0 Å². The first-order valence-electron chi connectivity index (χ1n) is 7.91. The summed E-state index contributed by atoms with van der Waals surface area (Å²) >= 11 is 1.52. The molecule has 2 aromatic heterocycles. The molecule has 2 fully saturated rings. The van der Waals surface area contributed by atoms with Crippen LogP contribution >= 0.6 is 11.3 Å². The normalized spacial score (nSPS) is 27.2. The number of hydrogen-bond acceptors (Lipinski definition) is 6. The molecule has 0 spiro atoms. The van der Waals surface area contributed by atoms with Crippen molar-refractivity contribution in [2.75, 3.05) is 13.1 Å². The Morgan fingerprint density at radius 3 is 3.00 bits per heavy atom. The number of amides is 1. The summed E-state index contributed by atoms with van der Waals surface area (Å²) in [5, 5.41) is 5.81. The van der Waals surface area contributed by atoms with Crippen LogP contribution in [0.5, 0.6) is 0 Å². The molecule has 23 heavy (non-hydrogen) atoms. The van der Waals surface area contributed by atoms with E-state index in [0.29, 0.717) is 17.6 Å². The lowest BCUT2D eigenvalue weighted by atomic mass is 9.92. The third kappa shape index (κ3) is 2.68. The smallest absolute Gasteiger partial charge is 0.264 e. The van der Waals surface area contributed by atoms with E-state index in [-0.39, 0.29) is 18.1 Å². The summed E-state index contributed by atoms with van der Waals surface area (Å²) < 4.78 is 11.3. The molecule has 0 saturated carbocycles. The molecule has 0 unspecified atom stereocenters. The number of hydrogen-bond donors (Lipinski definition) is 0. The zero-order chi connectivity index (χ0) is 16.0. The molecule has 2 aromatic rings. The minimum absolute atomic E-state index is 0.135. The second-order valence-electron chi connectivity index (χ2n) is 6.31. The van der Waals surface area contributed by atoms with Gasteiger partial charge in [-0.25, -0.2) is 0 Å². The Morgan fingerprint density at radius 2 is 2.30 bits per heavy atom. The van der Waals surface area contributed by atoms with Crippen molar-refractivity contribution in [3.05, 3.63) is 33.6 Å². The molecule has 2 aliphatic rings. The lowest BCUT2D eigenvalue weighted by Crippen LogP contribution is -2.44. The van der Waals surface area contributed by atoms with Crippen LogP contribution in [0.3, 0.4) is 0 Å². The first kappa shape index (κ1) is 14.8. The second-order valence-corrected chi connectivity index (χ2v) is 7.23. The average Bonchev–Trinajstić information content (AvgIpc) is 3.24. The van der Waals surface area contributed by atoms with E-state index in [9.17, 15) is 4.79 Å². The molecule has 0 aliphatic carbocycles. The summed E-state index contributed by atoms with van der Waals surface area (Å²) in [6, 6.07) is 2.00. The van der Waals surface area contributed by atoms with Gasteiger partial charge in [0.05, 0.1) is 11.0 Å². The van der Waals surface area contributed by atoms with Gasteiger partial charge in [-0.2, -0.15) is 4.98 Å². The van der Waals surface area contributed by atoms with E-state index < -0.39 is 0 Å². The Morgan fingerprint density at radius 1 is 1.43 bits per heavy atom. The van der Waals surface area contributed by atoms with Gasteiger partial charge in [0.15, 0.2) is 5.82 Å². The molecule has 0 N–H and O–H groups in total. The van der Waals surface area contributed by atoms with Gasteiger partial charge in [0.25, 0.3) is 11.8 Å². The van der Waals surface area contributed by atoms with Crippen molar-refractivity contribution in [1.82, 2.24) is 15.0 Å². The summed E-state index contributed by atoms with van der Waals surface area (Å²) in [4.78, 5) is 19.8. The van der Waals surface area contributed by atoms with Crippen LogP contribution in [0.1, 0.15) is 45.9 Å². The van der Waals surface area contributed by atoms with E-state index in [4.69, 9.17) is 9.26 Å². The standard InChI is InChI=1S/C16H19N3O3S/c1-9-4-6-23-14(9)16(20)19-5-3-12-11(8-19)7-13(21-12)15-17-10(2)18-22-15/h4,6,11-13H,3,5,7-8H2,1-2H3/t11-,12-,13+/m1/s1. The van der Waals surface area contributed by atoms with Gasteiger partial charge in [-0.15, -0.1) is 11.3 Å². The van der Waals surface area contributed by atoms with Crippen molar-refractivity contribution in [3.8, 4) is 0 Å². The van der Waals surface area contributed by atoms with Gasteiger partial charge in [0, 0.05) is 19.0 Å². The Bertz CT molecular complexity index is 726. The zero-order valence-corrected chi connectivity index (χ0v) is 14.0. The lowest BCUT2D eigenvalue weighted by molar-refractivity contribution is -0.00769. The first-order valence-corrected chi connectivity index (χ1v) is 8.79. The first-order chi connectivity index (χ1) is 11.1. The monoisotopic (exact) mass is 333 g/mol. The summed E-state index contributed by atoms with van der Waals surface area (Å²) in [5.74, 6) is 1.67. The Balaban J connectivity index is 1.45. The summed E-state index contributed by atoms with van der Waals surface area (Å²) in [7, 11) is 0. The summed E-state index contributed by atoms with van der Waals surface area (Å²) in [6.07, 6.45) is 1.75. The van der Waals surface area contributed by atoms with Crippen LogP contribution in [0.15, 0.2) is 16.0 Å². The lowest BCUT2D eigenvalue weighted by Gasteiger charge is -2.33. The minimum atomic E-state index is -0.135. The van der Waals surface area contributed by atoms with Crippen LogP contribution in [0, 0.1) is 19.8 Å². The van der Waals surface area contributed by atoms with Crippen molar-refractivity contribution in [3.63, 3.8) is 0 Å². The highest BCUT2D eigenvalue weighted by molar-refractivity contribution is 7.12. The number of piperidine rings is 1. The number of likely N-dealkylation sites (tertiary alicyclic amines) is 1.